The predicted octanol–water partition coefficient (Wildman–Crippen LogP) is 2.97. The first-order chi connectivity index (χ1) is 13.6. The Kier molecular flexibility index (Phi) is 4.91. The number of nitriles is 1. The van der Waals surface area contributed by atoms with Crippen LogP contribution in [0.2, 0.25) is 5.28 Å². The standard InChI is InChI=1S/C18H16ClN7OS/c1-2-28-12-4-3-11(21-8-12)7-22-14-16(27)26(18(10-20)5-6-18)15-13(24-14)9-23-17(19)25-15/h3-4,8-9H,2,5-7H2,1H3,(H,22,24). The van der Waals surface area contributed by atoms with E-state index in [2.05, 4.69) is 38.2 Å². The van der Waals surface area contributed by atoms with Crippen LogP contribution in [0, 0.1) is 11.3 Å². The summed E-state index contributed by atoms with van der Waals surface area (Å²) in [6.07, 6.45) is 4.43. The number of hydrogen-bond acceptors (Lipinski definition) is 8. The summed E-state index contributed by atoms with van der Waals surface area (Å²) >= 11 is 7.61. The van der Waals surface area contributed by atoms with E-state index in [-0.39, 0.29) is 16.7 Å². The fourth-order valence-corrected chi connectivity index (χ4v) is 3.67. The van der Waals surface area contributed by atoms with Crippen molar-refractivity contribution in [3.8, 4) is 6.07 Å². The van der Waals surface area contributed by atoms with E-state index in [9.17, 15) is 10.1 Å². The second-order valence-electron chi connectivity index (χ2n) is 6.36. The molecule has 0 atom stereocenters. The molecule has 1 aliphatic carbocycles. The summed E-state index contributed by atoms with van der Waals surface area (Å²) in [5.41, 5.74) is 0.148. The minimum Gasteiger partial charge on any atom is -0.360 e. The SMILES string of the molecule is CCSc1ccc(CNc2nc3cnc(Cl)nc3n(C3(C#N)CC3)c2=O)nc1. The Labute approximate surface area is 170 Å². The largest absolute Gasteiger partial charge is 0.360 e. The fourth-order valence-electron chi connectivity index (χ4n) is 2.92. The number of rotatable bonds is 6. The summed E-state index contributed by atoms with van der Waals surface area (Å²) in [7, 11) is 0. The van der Waals surface area contributed by atoms with Gasteiger partial charge in [-0.2, -0.15) is 10.2 Å². The zero-order chi connectivity index (χ0) is 19.7. The Morgan fingerprint density at radius 2 is 2.14 bits per heavy atom. The van der Waals surface area contributed by atoms with Crippen molar-refractivity contribution in [3.63, 3.8) is 0 Å². The second kappa shape index (κ2) is 7.37. The van der Waals surface area contributed by atoms with Crippen molar-refractivity contribution < 1.29 is 0 Å². The third kappa shape index (κ3) is 3.41. The molecule has 142 valence electrons. The maximum Gasteiger partial charge on any atom is 0.296 e. The maximum atomic E-state index is 13.1. The number of anilines is 1. The molecule has 0 bridgehead atoms. The molecule has 0 saturated heterocycles. The van der Waals surface area contributed by atoms with E-state index in [1.165, 1.54) is 10.8 Å². The molecule has 1 fully saturated rings. The number of thioether (sulfide) groups is 1. The number of aromatic nitrogens is 5. The number of hydrogen-bond donors (Lipinski definition) is 1. The number of halogens is 1. The molecule has 8 nitrogen and oxygen atoms in total. The Bertz CT molecular complexity index is 1140. The van der Waals surface area contributed by atoms with Gasteiger partial charge in [0, 0.05) is 11.1 Å². The Balaban J connectivity index is 1.70. The third-order valence-electron chi connectivity index (χ3n) is 4.48. The summed E-state index contributed by atoms with van der Waals surface area (Å²) in [4.78, 5) is 31.0. The number of fused-ring (bicyclic) bond motifs is 1. The molecule has 4 rings (SSSR count). The second-order valence-corrected chi connectivity index (χ2v) is 8.04. The highest BCUT2D eigenvalue weighted by molar-refractivity contribution is 7.99. The fraction of sp³-hybridized carbons (Fsp3) is 0.333. The van der Waals surface area contributed by atoms with Crippen LogP contribution in [0.4, 0.5) is 5.82 Å². The summed E-state index contributed by atoms with van der Waals surface area (Å²) in [6.45, 7) is 2.42. The average molecular weight is 414 g/mol. The van der Waals surface area contributed by atoms with Gasteiger partial charge in [-0.05, 0) is 42.3 Å². The van der Waals surface area contributed by atoms with Crippen molar-refractivity contribution in [1.29, 1.82) is 5.26 Å². The molecule has 0 spiro atoms. The molecule has 10 heteroatoms. The van der Waals surface area contributed by atoms with E-state index >= 15 is 0 Å². The topological polar surface area (TPSA) is 109 Å². The molecular weight excluding hydrogens is 398 g/mol. The lowest BCUT2D eigenvalue weighted by molar-refractivity contribution is 0.600. The Morgan fingerprint density at radius 1 is 1.32 bits per heavy atom. The summed E-state index contributed by atoms with van der Waals surface area (Å²) < 4.78 is 1.39. The Morgan fingerprint density at radius 3 is 2.79 bits per heavy atom. The maximum absolute atomic E-state index is 13.1. The Hall–Kier alpha value is -2.70. The summed E-state index contributed by atoms with van der Waals surface area (Å²) in [6, 6.07) is 6.13. The van der Waals surface area contributed by atoms with Crippen LogP contribution in [0.15, 0.2) is 34.2 Å². The van der Waals surface area contributed by atoms with Gasteiger partial charge in [0.05, 0.1) is 24.5 Å². The molecular formula is C18H16ClN7OS. The van der Waals surface area contributed by atoms with Crippen LogP contribution < -0.4 is 10.9 Å². The summed E-state index contributed by atoms with van der Waals surface area (Å²) in [5, 5.41) is 12.6. The molecule has 3 heterocycles. The van der Waals surface area contributed by atoms with Gasteiger partial charge < -0.3 is 5.32 Å². The van der Waals surface area contributed by atoms with Crippen molar-refractivity contribution in [3.05, 3.63) is 45.9 Å². The molecule has 3 aromatic rings. The molecule has 1 aliphatic rings. The molecule has 1 N–H and O–H groups in total. The van der Waals surface area contributed by atoms with Crippen LogP contribution >= 0.6 is 23.4 Å². The van der Waals surface area contributed by atoms with E-state index in [1.54, 1.807) is 11.8 Å². The van der Waals surface area contributed by atoms with Gasteiger partial charge >= 0.3 is 0 Å². The van der Waals surface area contributed by atoms with E-state index in [1.807, 2.05) is 18.3 Å². The third-order valence-corrected chi connectivity index (χ3v) is 5.52. The highest BCUT2D eigenvalue weighted by atomic mass is 35.5. The van der Waals surface area contributed by atoms with E-state index in [0.29, 0.717) is 24.9 Å². The van der Waals surface area contributed by atoms with Gasteiger partial charge in [0.1, 0.15) is 11.1 Å². The first kappa shape index (κ1) is 18.7. The van der Waals surface area contributed by atoms with Crippen molar-refractivity contribution in [1.82, 2.24) is 24.5 Å². The van der Waals surface area contributed by atoms with Gasteiger partial charge in [0.15, 0.2) is 11.5 Å². The number of nitrogens with one attached hydrogen (secondary N) is 1. The van der Waals surface area contributed by atoms with Crippen LogP contribution in [0.25, 0.3) is 11.2 Å². The smallest absolute Gasteiger partial charge is 0.296 e. The normalized spacial score (nSPS) is 14.6. The van der Waals surface area contributed by atoms with Gasteiger partial charge in [-0.15, -0.1) is 11.8 Å². The minimum absolute atomic E-state index is 0.00568. The van der Waals surface area contributed by atoms with Crippen LogP contribution in [-0.4, -0.2) is 30.3 Å². The molecule has 0 radical (unpaired) electrons. The number of pyridine rings is 1. The molecule has 0 aliphatic heterocycles. The van der Waals surface area contributed by atoms with Gasteiger partial charge in [-0.25, -0.2) is 9.97 Å². The van der Waals surface area contributed by atoms with Crippen molar-refractivity contribution in [2.75, 3.05) is 11.1 Å². The van der Waals surface area contributed by atoms with E-state index < -0.39 is 11.1 Å². The van der Waals surface area contributed by atoms with Gasteiger partial charge in [-0.1, -0.05) is 6.92 Å². The number of nitrogens with zero attached hydrogens (tertiary/aromatic N) is 6. The highest BCUT2D eigenvalue weighted by Crippen LogP contribution is 2.43. The lowest BCUT2D eigenvalue weighted by Gasteiger charge is -2.15. The van der Waals surface area contributed by atoms with E-state index in [0.717, 1.165) is 16.3 Å². The van der Waals surface area contributed by atoms with E-state index in [4.69, 9.17) is 11.6 Å². The first-order valence-electron chi connectivity index (χ1n) is 8.75. The van der Waals surface area contributed by atoms with Gasteiger partial charge in [0.25, 0.3) is 5.56 Å². The molecule has 0 unspecified atom stereocenters. The van der Waals surface area contributed by atoms with Gasteiger partial charge in [-0.3, -0.25) is 14.3 Å². The molecule has 28 heavy (non-hydrogen) atoms. The first-order valence-corrected chi connectivity index (χ1v) is 10.1. The van der Waals surface area contributed by atoms with Crippen LogP contribution in [0.1, 0.15) is 25.5 Å². The molecule has 3 aromatic heterocycles. The molecule has 0 amide bonds. The van der Waals surface area contributed by atoms with Crippen molar-refractivity contribution in [2.45, 2.75) is 36.7 Å². The zero-order valence-electron chi connectivity index (χ0n) is 15.0. The predicted molar refractivity (Wildman–Crippen MR) is 107 cm³/mol. The van der Waals surface area contributed by atoms with Crippen molar-refractivity contribution in [2.24, 2.45) is 0 Å². The highest BCUT2D eigenvalue weighted by Gasteiger charge is 2.47. The molecule has 0 aromatic carbocycles. The van der Waals surface area contributed by atoms with Crippen LogP contribution in [0.5, 0.6) is 0 Å². The molecule has 1 saturated carbocycles. The monoisotopic (exact) mass is 413 g/mol. The summed E-state index contributed by atoms with van der Waals surface area (Å²) in [5.74, 6) is 1.11. The minimum atomic E-state index is -0.899. The average Bonchev–Trinajstić information content (AvgIpc) is 3.49. The zero-order valence-corrected chi connectivity index (χ0v) is 16.6. The lowest BCUT2D eigenvalue weighted by Crippen LogP contribution is -2.33. The van der Waals surface area contributed by atoms with Crippen LogP contribution in [-0.2, 0) is 12.1 Å². The van der Waals surface area contributed by atoms with Gasteiger partial charge in [0.2, 0.25) is 5.28 Å². The van der Waals surface area contributed by atoms with Crippen molar-refractivity contribution >= 4 is 40.3 Å². The lowest BCUT2D eigenvalue weighted by atomic mass is 10.3. The van der Waals surface area contributed by atoms with Crippen LogP contribution in [0.3, 0.4) is 0 Å². The quantitative estimate of drug-likeness (QED) is 0.485.